The van der Waals surface area contributed by atoms with E-state index in [-0.39, 0.29) is 19.9 Å². The Kier molecular flexibility index (Phi) is 9.85. The zero-order valence-corrected chi connectivity index (χ0v) is 22.8. The Morgan fingerprint density at radius 1 is 1.00 bits per heavy atom. The van der Waals surface area contributed by atoms with Crippen molar-refractivity contribution in [3.8, 4) is 0 Å². The van der Waals surface area contributed by atoms with Crippen molar-refractivity contribution in [1.82, 2.24) is 4.72 Å². The van der Waals surface area contributed by atoms with Gasteiger partial charge in [-0.15, -0.1) is 0 Å². The molecule has 0 radical (unpaired) electrons. The number of ether oxygens (including phenoxy) is 2. The molecular weight excluding hydrogens is 559 g/mol. The van der Waals surface area contributed by atoms with Crippen LogP contribution >= 0.6 is 0 Å². The molecule has 1 aliphatic rings. The van der Waals surface area contributed by atoms with E-state index in [2.05, 4.69) is 16.9 Å². The van der Waals surface area contributed by atoms with Gasteiger partial charge in [0, 0.05) is 0 Å². The van der Waals surface area contributed by atoms with Crippen LogP contribution in [0.3, 0.4) is 0 Å². The molecule has 3 aromatic rings. The summed E-state index contributed by atoms with van der Waals surface area (Å²) in [6.07, 6.45) is 2.13. The summed E-state index contributed by atoms with van der Waals surface area (Å²) in [5, 5.41) is 12.2. The molecule has 1 unspecified atom stereocenters. The summed E-state index contributed by atoms with van der Waals surface area (Å²) >= 11 is 0.0136. The number of hydrogen-bond donors (Lipinski definition) is 1. The fraction of sp³-hybridized carbons (Fsp3) is 0.333. The van der Waals surface area contributed by atoms with Gasteiger partial charge in [-0.1, -0.05) is 0 Å². The van der Waals surface area contributed by atoms with Gasteiger partial charge in [-0.3, -0.25) is 0 Å². The molecule has 8 nitrogen and oxygen atoms in total. The van der Waals surface area contributed by atoms with Crippen LogP contribution in [-0.4, -0.2) is 53.3 Å². The van der Waals surface area contributed by atoms with Crippen LogP contribution in [0.4, 0.5) is 5.69 Å². The molecule has 3 aromatic carbocycles. The van der Waals surface area contributed by atoms with E-state index in [1.807, 2.05) is 48.5 Å². The maximum absolute atomic E-state index is 13.5. The third-order valence-electron chi connectivity index (χ3n) is 6.03. The molecule has 0 bridgehead atoms. The van der Waals surface area contributed by atoms with Gasteiger partial charge in [-0.2, -0.15) is 0 Å². The number of nitrogens with one attached hydrogen (secondary N) is 1. The van der Waals surface area contributed by atoms with E-state index in [1.54, 1.807) is 0 Å². The van der Waals surface area contributed by atoms with Crippen LogP contribution in [0.1, 0.15) is 24.8 Å². The molecule has 1 saturated heterocycles. The number of nitro benzene ring substituents is 1. The van der Waals surface area contributed by atoms with Gasteiger partial charge >= 0.3 is 224 Å². The molecule has 1 aliphatic heterocycles. The number of nitro groups is 1. The SMILES string of the molecule is O=[N+]([O-])c1ccccc1S(=O)(=O)N[C@@H](Cc1ccccc1)[C@@H](C[Se]c1ccccc1)OC1CCCCO1. The predicted octanol–water partition coefficient (Wildman–Crippen LogP) is 3.84. The fourth-order valence-corrected chi connectivity index (χ4v) is 7.74. The van der Waals surface area contributed by atoms with Gasteiger partial charge in [-0.05, 0) is 0 Å². The van der Waals surface area contributed by atoms with Gasteiger partial charge in [0.15, 0.2) is 0 Å². The molecule has 196 valence electrons. The van der Waals surface area contributed by atoms with Crippen molar-refractivity contribution >= 4 is 35.1 Å². The summed E-state index contributed by atoms with van der Waals surface area (Å²) < 4.78 is 43.3. The van der Waals surface area contributed by atoms with Gasteiger partial charge in [0.05, 0.1) is 0 Å². The van der Waals surface area contributed by atoms with E-state index in [4.69, 9.17) is 9.47 Å². The molecule has 0 saturated carbocycles. The van der Waals surface area contributed by atoms with Crippen molar-refractivity contribution < 1.29 is 22.8 Å². The Balaban J connectivity index is 1.66. The standard InChI is InChI=1S/C27H30N2O6SSe/c30-29(31)24-15-7-8-16-26(24)36(32,33)28-23(19-21-11-3-1-4-12-21)25(35-27-17-9-10-18-34-27)20-37-22-13-5-2-6-14-22/h1-8,11-16,23,25,27-28H,9-10,17-20H2/t23-,25+,27?/m0/s1. The first-order valence-electron chi connectivity index (χ1n) is 12.2. The molecule has 0 amide bonds. The first-order chi connectivity index (χ1) is 17.9. The van der Waals surface area contributed by atoms with Gasteiger partial charge < -0.3 is 0 Å². The summed E-state index contributed by atoms with van der Waals surface area (Å²) in [6.45, 7) is 0.604. The second-order valence-corrected chi connectivity index (χ2v) is 12.7. The van der Waals surface area contributed by atoms with Crippen molar-refractivity contribution in [2.45, 2.75) is 54.3 Å². The Bertz CT molecular complexity index is 1250. The van der Waals surface area contributed by atoms with E-state index in [1.165, 1.54) is 28.7 Å². The minimum absolute atomic E-state index is 0.0136. The van der Waals surface area contributed by atoms with Gasteiger partial charge in [-0.25, -0.2) is 0 Å². The summed E-state index contributed by atoms with van der Waals surface area (Å²) in [7, 11) is -4.23. The van der Waals surface area contributed by atoms with Crippen LogP contribution in [-0.2, 0) is 25.9 Å². The molecule has 0 spiro atoms. The number of benzene rings is 3. The molecule has 0 aromatic heterocycles. The summed E-state index contributed by atoms with van der Waals surface area (Å²) in [6, 6.07) is 24.3. The average Bonchev–Trinajstić information content (AvgIpc) is 2.92. The van der Waals surface area contributed by atoms with Crippen LogP contribution in [0.5, 0.6) is 0 Å². The molecule has 10 heteroatoms. The van der Waals surface area contributed by atoms with E-state index in [0.717, 1.165) is 24.8 Å². The number of hydrogen-bond acceptors (Lipinski definition) is 6. The quantitative estimate of drug-likeness (QED) is 0.196. The Labute approximate surface area is 223 Å². The first kappa shape index (κ1) is 27.4. The van der Waals surface area contributed by atoms with Crippen LogP contribution in [0.15, 0.2) is 89.8 Å². The average molecular weight is 590 g/mol. The second kappa shape index (κ2) is 13.3. The monoisotopic (exact) mass is 590 g/mol. The summed E-state index contributed by atoms with van der Waals surface area (Å²) in [5.41, 5.74) is 0.471. The van der Waals surface area contributed by atoms with Gasteiger partial charge in [0.1, 0.15) is 0 Å². The molecule has 1 fully saturated rings. The van der Waals surface area contributed by atoms with E-state index in [0.29, 0.717) is 18.3 Å². The molecule has 37 heavy (non-hydrogen) atoms. The summed E-state index contributed by atoms with van der Waals surface area (Å²) in [5.74, 6) is 0. The third-order valence-corrected chi connectivity index (χ3v) is 9.87. The number of para-hydroxylation sites is 1. The molecule has 3 atom stereocenters. The van der Waals surface area contributed by atoms with Crippen LogP contribution < -0.4 is 9.18 Å². The Morgan fingerprint density at radius 3 is 2.35 bits per heavy atom. The minimum atomic E-state index is -4.23. The number of rotatable bonds is 12. The second-order valence-electron chi connectivity index (χ2n) is 8.74. The van der Waals surface area contributed by atoms with Crippen LogP contribution in [0.25, 0.3) is 0 Å². The molecule has 1 heterocycles. The molecule has 4 rings (SSSR count). The predicted molar refractivity (Wildman–Crippen MR) is 142 cm³/mol. The van der Waals surface area contributed by atoms with Crippen molar-refractivity contribution in [2.24, 2.45) is 0 Å². The molecule has 1 N–H and O–H groups in total. The Hall–Kier alpha value is -2.59. The zero-order valence-electron chi connectivity index (χ0n) is 20.3. The van der Waals surface area contributed by atoms with Crippen molar-refractivity contribution in [3.05, 3.63) is 101 Å². The van der Waals surface area contributed by atoms with E-state index >= 15 is 0 Å². The Morgan fingerprint density at radius 2 is 1.68 bits per heavy atom. The van der Waals surface area contributed by atoms with E-state index in [9.17, 15) is 18.5 Å². The third kappa shape index (κ3) is 7.94. The van der Waals surface area contributed by atoms with Gasteiger partial charge in [0.2, 0.25) is 0 Å². The number of sulfonamides is 1. The first-order valence-corrected chi connectivity index (χ1v) is 15.7. The zero-order chi connectivity index (χ0) is 26.1. The normalized spacial score (nSPS) is 17.7. The van der Waals surface area contributed by atoms with Crippen molar-refractivity contribution in [1.29, 1.82) is 0 Å². The maximum atomic E-state index is 13.5. The molecular formula is C27H30N2O6SSe. The fourth-order valence-electron chi connectivity index (χ4n) is 4.17. The van der Waals surface area contributed by atoms with Gasteiger partial charge in [0.25, 0.3) is 0 Å². The van der Waals surface area contributed by atoms with Crippen molar-refractivity contribution in [3.63, 3.8) is 0 Å². The topological polar surface area (TPSA) is 108 Å². The van der Waals surface area contributed by atoms with Crippen LogP contribution in [0, 0.1) is 10.1 Å². The van der Waals surface area contributed by atoms with E-state index < -0.39 is 39.1 Å². The van der Waals surface area contributed by atoms with Crippen LogP contribution in [0.2, 0.25) is 5.32 Å². The summed E-state index contributed by atoms with van der Waals surface area (Å²) in [4.78, 5) is 10.5. The number of nitrogens with zero attached hydrogens (tertiary/aromatic N) is 1. The molecule has 0 aliphatic carbocycles. The van der Waals surface area contributed by atoms with Crippen molar-refractivity contribution in [2.75, 3.05) is 6.61 Å².